The molecule has 1 N–H and O–H groups in total. The van der Waals surface area contributed by atoms with Gasteiger partial charge in [-0.15, -0.1) is 0 Å². The molecule has 108 valence electrons. The summed E-state index contributed by atoms with van der Waals surface area (Å²) in [5, 5.41) is 8.35. The summed E-state index contributed by atoms with van der Waals surface area (Å²) in [6.45, 7) is 7.43. The number of anilines is 1. The monoisotopic (exact) mass is 274 g/mol. The Kier molecular flexibility index (Phi) is 4.27. The van der Waals surface area contributed by atoms with Crippen molar-refractivity contribution < 1.29 is 4.79 Å². The predicted molar refractivity (Wildman–Crippen MR) is 82.0 cm³/mol. The van der Waals surface area contributed by atoms with Crippen LogP contribution < -0.4 is 5.32 Å². The number of fused-ring (bicyclic) bond motifs is 1. The van der Waals surface area contributed by atoms with Gasteiger partial charge in [0.2, 0.25) is 0 Å². The number of rotatable bonds is 4. The number of carbonyl (C=O) groups excluding carboxylic acids is 1. The lowest BCUT2D eigenvalue weighted by molar-refractivity contribution is 0.217. The number of para-hydroxylation sites is 1. The molecule has 0 unspecified atom stereocenters. The summed E-state index contributed by atoms with van der Waals surface area (Å²) in [4.78, 5) is 13.9. The van der Waals surface area contributed by atoms with Gasteiger partial charge in [-0.1, -0.05) is 19.1 Å². The third kappa shape index (κ3) is 2.48. The first-order chi connectivity index (χ1) is 9.62. The Hall–Kier alpha value is -2.04. The molecule has 0 saturated heterocycles. The van der Waals surface area contributed by atoms with E-state index in [0.29, 0.717) is 18.9 Å². The zero-order valence-corrected chi connectivity index (χ0v) is 12.6. The second kappa shape index (κ2) is 5.94. The molecule has 0 fully saturated rings. The Morgan fingerprint density at radius 1 is 1.30 bits per heavy atom. The fourth-order valence-electron chi connectivity index (χ4n) is 2.49. The standard InChI is InChI=1S/C15H22N4O/c1-5-11-9-8-10-12-13(11)18(4)17-14(12)16-15(20)19(6-2)7-3/h8-10H,5-7H2,1-4H3,(H,16,17,20). The van der Waals surface area contributed by atoms with Crippen LogP contribution in [0.15, 0.2) is 18.2 Å². The number of carbonyl (C=O) groups is 1. The second-order valence-corrected chi connectivity index (χ2v) is 4.74. The maximum absolute atomic E-state index is 12.1. The SMILES string of the molecule is CCc1cccc2c(NC(=O)N(CC)CC)nn(C)c12. The van der Waals surface area contributed by atoms with Crippen molar-refractivity contribution in [3.8, 4) is 0 Å². The van der Waals surface area contributed by atoms with E-state index < -0.39 is 0 Å². The molecular weight excluding hydrogens is 252 g/mol. The molecule has 1 heterocycles. The van der Waals surface area contributed by atoms with Crippen molar-refractivity contribution in [1.29, 1.82) is 0 Å². The van der Waals surface area contributed by atoms with Crippen LogP contribution in [0.1, 0.15) is 26.3 Å². The largest absolute Gasteiger partial charge is 0.325 e. The molecule has 2 rings (SSSR count). The lowest BCUT2D eigenvalue weighted by Crippen LogP contribution is -2.34. The van der Waals surface area contributed by atoms with Gasteiger partial charge >= 0.3 is 6.03 Å². The minimum Gasteiger partial charge on any atom is -0.325 e. The molecule has 5 heteroatoms. The van der Waals surface area contributed by atoms with Gasteiger partial charge < -0.3 is 4.90 Å². The molecule has 0 bridgehead atoms. The second-order valence-electron chi connectivity index (χ2n) is 4.74. The van der Waals surface area contributed by atoms with Crippen LogP contribution in [0.5, 0.6) is 0 Å². The molecule has 1 aromatic heterocycles. The van der Waals surface area contributed by atoms with Gasteiger partial charge in [0.25, 0.3) is 0 Å². The van der Waals surface area contributed by atoms with Crippen molar-refractivity contribution in [2.24, 2.45) is 7.05 Å². The smallest absolute Gasteiger partial charge is 0.323 e. The number of aryl methyl sites for hydroxylation is 2. The van der Waals surface area contributed by atoms with Crippen molar-refractivity contribution in [2.75, 3.05) is 18.4 Å². The van der Waals surface area contributed by atoms with Crippen molar-refractivity contribution >= 4 is 22.8 Å². The van der Waals surface area contributed by atoms with Crippen LogP contribution in [-0.4, -0.2) is 33.8 Å². The van der Waals surface area contributed by atoms with E-state index >= 15 is 0 Å². The molecule has 0 saturated carbocycles. The summed E-state index contributed by atoms with van der Waals surface area (Å²) in [7, 11) is 1.91. The number of urea groups is 1. The topological polar surface area (TPSA) is 50.2 Å². The minimum atomic E-state index is -0.100. The van der Waals surface area contributed by atoms with E-state index in [1.54, 1.807) is 4.90 Å². The van der Waals surface area contributed by atoms with Crippen LogP contribution in [0.25, 0.3) is 10.9 Å². The van der Waals surface area contributed by atoms with Crippen LogP contribution in [-0.2, 0) is 13.5 Å². The first kappa shape index (κ1) is 14.4. The summed E-state index contributed by atoms with van der Waals surface area (Å²) in [5.41, 5.74) is 2.32. The molecule has 2 aromatic rings. The lowest BCUT2D eigenvalue weighted by Gasteiger charge is -2.18. The molecule has 1 aromatic carbocycles. The Morgan fingerprint density at radius 2 is 2.00 bits per heavy atom. The summed E-state index contributed by atoms with van der Waals surface area (Å²) < 4.78 is 1.84. The summed E-state index contributed by atoms with van der Waals surface area (Å²) in [6, 6.07) is 6.01. The quantitative estimate of drug-likeness (QED) is 0.931. The molecule has 0 atom stereocenters. The summed E-state index contributed by atoms with van der Waals surface area (Å²) >= 11 is 0. The molecule has 0 aliphatic carbocycles. The van der Waals surface area contributed by atoms with E-state index in [4.69, 9.17) is 0 Å². The third-order valence-electron chi connectivity index (χ3n) is 3.61. The minimum absolute atomic E-state index is 0.100. The number of nitrogens with zero attached hydrogens (tertiary/aromatic N) is 3. The number of aromatic nitrogens is 2. The number of hydrogen-bond donors (Lipinski definition) is 1. The van der Waals surface area contributed by atoms with Gasteiger partial charge in [-0.25, -0.2) is 4.79 Å². The average molecular weight is 274 g/mol. The molecule has 0 radical (unpaired) electrons. The molecular formula is C15H22N4O. The van der Waals surface area contributed by atoms with E-state index in [0.717, 1.165) is 17.3 Å². The normalized spacial score (nSPS) is 10.8. The molecule has 0 spiro atoms. The van der Waals surface area contributed by atoms with Gasteiger partial charge in [0.05, 0.1) is 5.52 Å². The predicted octanol–water partition coefficient (Wildman–Crippen LogP) is 3.01. The van der Waals surface area contributed by atoms with Crippen LogP contribution in [0.2, 0.25) is 0 Å². The highest BCUT2D eigenvalue weighted by atomic mass is 16.2. The van der Waals surface area contributed by atoms with Crippen molar-refractivity contribution in [2.45, 2.75) is 27.2 Å². The highest BCUT2D eigenvalue weighted by Gasteiger charge is 2.15. The molecule has 20 heavy (non-hydrogen) atoms. The van der Waals surface area contributed by atoms with Crippen molar-refractivity contribution in [1.82, 2.24) is 14.7 Å². The zero-order valence-electron chi connectivity index (χ0n) is 12.6. The third-order valence-corrected chi connectivity index (χ3v) is 3.61. The lowest BCUT2D eigenvalue weighted by atomic mass is 10.1. The van der Waals surface area contributed by atoms with E-state index in [1.165, 1.54) is 5.56 Å². The highest BCUT2D eigenvalue weighted by molar-refractivity contribution is 6.00. The van der Waals surface area contributed by atoms with Gasteiger partial charge in [-0.05, 0) is 31.9 Å². The number of nitrogens with one attached hydrogen (secondary N) is 1. The number of amides is 2. The van der Waals surface area contributed by atoms with Crippen molar-refractivity contribution in [3.05, 3.63) is 23.8 Å². The number of benzene rings is 1. The van der Waals surface area contributed by atoms with Crippen LogP contribution in [0.4, 0.5) is 10.6 Å². The highest BCUT2D eigenvalue weighted by Crippen LogP contribution is 2.25. The fraction of sp³-hybridized carbons (Fsp3) is 0.467. The van der Waals surface area contributed by atoms with Gasteiger partial charge in [-0.3, -0.25) is 10.00 Å². The molecule has 5 nitrogen and oxygen atoms in total. The Labute approximate surface area is 119 Å². The van der Waals surface area contributed by atoms with E-state index in [1.807, 2.05) is 37.7 Å². The van der Waals surface area contributed by atoms with E-state index in [2.05, 4.69) is 23.4 Å². The number of hydrogen-bond acceptors (Lipinski definition) is 2. The average Bonchev–Trinajstić information content (AvgIpc) is 2.77. The fourth-order valence-corrected chi connectivity index (χ4v) is 2.49. The van der Waals surface area contributed by atoms with Crippen molar-refractivity contribution in [3.63, 3.8) is 0 Å². The molecule has 0 aliphatic rings. The van der Waals surface area contributed by atoms with Gasteiger partial charge in [0.15, 0.2) is 5.82 Å². The van der Waals surface area contributed by atoms with E-state index in [9.17, 15) is 4.79 Å². The summed E-state index contributed by atoms with van der Waals surface area (Å²) in [6.07, 6.45) is 0.945. The van der Waals surface area contributed by atoms with Gasteiger partial charge in [0.1, 0.15) is 0 Å². The van der Waals surface area contributed by atoms with Crippen LogP contribution >= 0.6 is 0 Å². The molecule has 2 amide bonds. The maximum Gasteiger partial charge on any atom is 0.323 e. The first-order valence-electron chi connectivity index (χ1n) is 7.12. The van der Waals surface area contributed by atoms with Crippen LogP contribution in [0.3, 0.4) is 0 Å². The Morgan fingerprint density at radius 3 is 2.60 bits per heavy atom. The molecule has 0 aliphatic heterocycles. The van der Waals surface area contributed by atoms with Crippen LogP contribution in [0, 0.1) is 0 Å². The van der Waals surface area contributed by atoms with Gasteiger partial charge in [-0.2, -0.15) is 5.10 Å². The maximum atomic E-state index is 12.1. The van der Waals surface area contributed by atoms with E-state index in [-0.39, 0.29) is 6.03 Å². The van der Waals surface area contributed by atoms with Gasteiger partial charge in [0, 0.05) is 25.5 Å². The Bertz CT molecular complexity index is 614. The Balaban J connectivity index is 2.39. The first-order valence-corrected chi connectivity index (χ1v) is 7.12. The summed E-state index contributed by atoms with van der Waals surface area (Å²) in [5.74, 6) is 0.634. The zero-order chi connectivity index (χ0) is 14.7.